The Kier molecular flexibility index (Phi) is 8.89. The van der Waals surface area contributed by atoms with Crippen LogP contribution < -0.4 is 31.8 Å². The van der Waals surface area contributed by atoms with Crippen molar-refractivity contribution in [2.24, 2.45) is 0 Å². The molecule has 0 atom stereocenters. The van der Waals surface area contributed by atoms with Crippen molar-refractivity contribution in [3.8, 4) is 0 Å². The van der Waals surface area contributed by atoms with Gasteiger partial charge < -0.3 is 0 Å². The van der Waals surface area contributed by atoms with Crippen LogP contribution in [0.5, 0.6) is 0 Å². The van der Waals surface area contributed by atoms with Crippen LogP contribution >= 0.6 is 34.4 Å². The summed E-state index contributed by atoms with van der Waals surface area (Å²) in [6.45, 7) is 0. The molecule has 0 heterocycles. The van der Waals surface area contributed by atoms with Gasteiger partial charge >= 0.3 is 296 Å². The minimum atomic E-state index is -3.47. The second-order valence-corrected chi connectivity index (χ2v) is 25.5. The first-order valence-corrected chi connectivity index (χ1v) is 23.0. The molecule has 0 spiro atoms. The van der Waals surface area contributed by atoms with Crippen molar-refractivity contribution in [3.63, 3.8) is 0 Å². The number of benzene rings is 7. The molecule has 0 N–H and O–H groups in total. The van der Waals surface area contributed by atoms with Crippen molar-refractivity contribution in [2.45, 2.75) is 12.3 Å². The van der Waals surface area contributed by atoms with E-state index in [0.29, 0.717) is 12.3 Å². The summed E-state index contributed by atoms with van der Waals surface area (Å²) in [7, 11) is 0. The van der Waals surface area contributed by atoms with Gasteiger partial charge in [-0.25, -0.2) is 0 Å². The molecule has 0 aliphatic heterocycles. The molecule has 0 aliphatic carbocycles. The SMILES string of the molecule is ClP(Cc1ccc(CP(Cl)(c2ccccc2)(c2ccccc2)c2ccccc2)cc1)(c1ccccc1)(c1ccccc1)c1ccccc1. The summed E-state index contributed by atoms with van der Waals surface area (Å²) in [5, 5.41) is 6.97. The Morgan fingerprint density at radius 2 is 0.417 bits per heavy atom. The number of hydrogen-bond donors (Lipinski definition) is 0. The summed E-state index contributed by atoms with van der Waals surface area (Å²) in [5.41, 5.74) is 2.38. The molecule has 0 nitrogen and oxygen atoms in total. The van der Waals surface area contributed by atoms with E-state index < -0.39 is 11.9 Å². The Hall–Kier alpha value is -4.02. The summed E-state index contributed by atoms with van der Waals surface area (Å²) in [5.74, 6) is -6.94. The Labute approximate surface area is 294 Å². The van der Waals surface area contributed by atoms with Gasteiger partial charge in [-0.2, -0.15) is 0 Å². The second kappa shape index (κ2) is 13.1. The summed E-state index contributed by atoms with van der Waals surface area (Å²) in [6.07, 6.45) is 1.37. The van der Waals surface area contributed by atoms with Crippen LogP contribution in [0.25, 0.3) is 0 Å². The third-order valence-corrected chi connectivity index (χ3v) is 24.1. The predicted molar refractivity (Wildman–Crippen MR) is 216 cm³/mol. The first kappa shape index (κ1) is 32.5. The molecule has 0 aliphatic rings. The van der Waals surface area contributed by atoms with Crippen molar-refractivity contribution in [1.82, 2.24) is 0 Å². The van der Waals surface area contributed by atoms with Crippen molar-refractivity contribution in [2.75, 3.05) is 0 Å². The fraction of sp³-hybridized carbons (Fsp3) is 0.0455. The molecule has 0 fully saturated rings. The van der Waals surface area contributed by atoms with E-state index in [0.717, 1.165) is 31.8 Å². The van der Waals surface area contributed by atoms with Gasteiger partial charge in [-0.1, -0.05) is 0 Å². The van der Waals surface area contributed by atoms with E-state index in [1.807, 2.05) is 0 Å². The van der Waals surface area contributed by atoms with Gasteiger partial charge in [-0.05, 0) is 0 Å². The molecule has 0 saturated carbocycles. The molecule has 4 heteroatoms. The van der Waals surface area contributed by atoms with Crippen LogP contribution in [0.4, 0.5) is 0 Å². The molecule has 0 aromatic heterocycles. The average Bonchev–Trinajstić information content (AvgIpc) is 3.18. The van der Waals surface area contributed by atoms with E-state index in [-0.39, 0.29) is 0 Å². The Morgan fingerprint density at radius 3 is 0.583 bits per heavy atom. The fourth-order valence-electron chi connectivity index (χ4n) is 7.31. The van der Waals surface area contributed by atoms with Crippen LogP contribution in [-0.4, -0.2) is 0 Å². The predicted octanol–water partition coefficient (Wildman–Crippen LogP) is 10.1. The number of hydrogen-bond acceptors (Lipinski definition) is 0. The van der Waals surface area contributed by atoms with E-state index >= 15 is 0 Å². The molecule has 48 heavy (non-hydrogen) atoms. The average molecular weight is 700 g/mol. The third kappa shape index (κ3) is 5.43. The molecule has 0 unspecified atom stereocenters. The summed E-state index contributed by atoms with van der Waals surface area (Å²) >= 11 is 16.9. The molecule has 0 radical (unpaired) electrons. The van der Waals surface area contributed by atoms with E-state index in [1.54, 1.807) is 0 Å². The van der Waals surface area contributed by atoms with Gasteiger partial charge in [-0.15, -0.1) is 0 Å². The van der Waals surface area contributed by atoms with Crippen LogP contribution in [0.2, 0.25) is 0 Å². The van der Waals surface area contributed by atoms with Gasteiger partial charge in [0.2, 0.25) is 0 Å². The van der Waals surface area contributed by atoms with E-state index in [9.17, 15) is 0 Å². The van der Waals surface area contributed by atoms with E-state index in [4.69, 9.17) is 22.5 Å². The van der Waals surface area contributed by atoms with E-state index in [1.165, 1.54) is 11.1 Å². The van der Waals surface area contributed by atoms with Crippen LogP contribution in [0.1, 0.15) is 11.1 Å². The zero-order valence-corrected chi connectivity index (χ0v) is 30.0. The quantitative estimate of drug-likeness (QED) is 0.125. The fourth-order valence-corrected chi connectivity index (χ4v) is 19.6. The Morgan fingerprint density at radius 1 is 0.250 bits per heavy atom. The molecular weight excluding hydrogens is 661 g/mol. The summed E-state index contributed by atoms with van der Waals surface area (Å²) < 4.78 is 0. The van der Waals surface area contributed by atoms with Gasteiger partial charge in [-0.3, -0.25) is 0 Å². The minimum absolute atomic E-state index is 0.687. The van der Waals surface area contributed by atoms with Crippen molar-refractivity contribution in [1.29, 1.82) is 0 Å². The van der Waals surface area contributed by atoms with Crippen molar-refractivity contribution >= 4 is 66.2 Å². The maximum absolute atomic E-state index is 8.43. The van der Waals surface area contributed by atoms with Crippen molar-refractivity contribution < 1.29 is 0 Å². The van der Waals surface area contributed by atoms with Gasteiger partial charge in [0.15, 0.2) is 0 Å². The Balaban J connectivity index is 1.38. The zero-order valence-electron chi connectivity index (χ0n) is 26.7. The molecule has 238 valence electrons. The first-order valence-electron chi connectivity index (χ1n) is 16.3. The normalized spacial score (nSPS) is 13.5. The van der Waals surface area contributed by atoms with E-state index in [2.05, 4.69) is 206 Å². The second-order valence-electron chi connectivity index (χ2n) is 12.5. The topological polar surface area (TPSA) is 0 Å². The van der Waals surface area contributed by atoms with Crippen LogP contribution in [-0.2, 0) is 12.3 Å². The molecular formula is C44H38Cl2P2. The number of rotatable bonds is 10. The third-order valence-electron chi connectivity index (χ3n) is 9.75. The summed E-state index contributed by atoms with van der Waals surface area (Å²) in [4.78, 5) is 0. The van der Waals surface area contributed by atoms with Crippen molar-refractivity contribution in [3.05, 3.63) is 217 Å². The molecule has 7 aromatic rings. The molecule has 7 rings (SSSR count). The molecule has 0 amide bonds. The first-order chi connectivity index (χ1) is 23.4. The van der Waals surface area contributed by atoms with Gasteiger partial charge in [0.25, 0.3) is 0 Å². The van der Waals surface area contributed by atoms with Crippen LogP contribution in [0.15, 0.2) is 206 Å². The van der Waals surface area contributed by atoms with Gasteiger partial charge in [0, 0.05) is 0 Å². The van der Waals surface area contributed by atoms with Gasteiger partial charge in [0.05, 0.1) is 0 Å². The standard InChI is InChI=1S/C44H38Cl2P2/c45-47(39-19-7-1-8-20-39,40-21-9-2-10-22-40,41-23-11-3-12-24-41)35-37-31-33-38(34-32-37)36-48(46,42-25-13-4-14-26-42,43-27-15-5-16-28-43)44-29-17-6-18-30-44/h1-34H,35-36H2. The van der Waals surface area contributed by atoms with Crippen LogP contribution in [0.3, 0.4) is 0 Å². The molecule has 0 saturated heterocycles. The zero-order chi connectivity index (χ0) is 33.0. The van der Waals surface area contributed by atoms with Crippen LogP contribution in [0, 0.1) is 0 Å². The van der Waals surface area contributed by atoms with Gasteiger partial charge in [0.1, 0.15) is 0 Å². The number of halogens is 2. The molecule has 7 aromatic carbocycles. The molecule has 0 bridgehead atoms. The maximum atomic E-state index is 8.43. The summed E-state index contributed by atoms with van der Waals surface area (Å²) in [6, 6.07) is 73.2. The monoisotopic (exact) mass is 698 g/mol. The Bertz CT molecular complexity index is 1730.